The Morgan fingerprint density at radius 2 is 1.53 bits per heavy atom. The van der Waals surface area contributed by atoms with Gasteiger partial charge < -0.3 is 10.0 Å². The third kappa shape index (κ3) is 2.69. The average Bonchev–Trinajstić information content (AvgIpc) is 2.30. The summed E-state index contributed by atoms with van der Waals surface area (Å²) in [5, 5.41) is 19.2. The van der Waals surface area contributed by atoms with Gasteiger partial charge in [-0.2, -0.15) is 0 Å². The molecule has 0 saturated heterocycles. The minimum atomic E-state index is -1.44. The van der Waals surface area contributed by atoms with E-state index < -0.39 is 7.12 Å². The Bertz CT molecular complexity index is 523. The molecule has 0 atom stereocenters. The predicted octanol–water partition coefficient (Wildman–Crippen LogP) is 2.00. The number of rotatable bonds is 2. The van der Waals surface area contributed by atoms with Crippen LogP contribution < -0.4 is 5.46 Å². The molecule has 2 N–H and O–H groups in total. The van der Waals surface area contributed by atoms with Crippen molar-refractivity contribution >= 4 is 24.2 Å². The first-order chi connectivity index (χ1) is 8.08. The zero-order chi connectivity index (χ0) is 12.4. The summed E-state index contributed by atoms with van der Waals surface area (Å²) in [5.74, 6) is 0. The summed E-state index contributed by atoms with van der Waals surface area (Å²) in [6, 6.07) is 13.0. The average molecular weight is 247 g/mol. The van der Waals surface area contributed by atoms with E-state index >= 15 is 0 Å². The molecule has 4 heteroatoms. The van der Waals surface area contributed by atoms with E-state index in [0.717, 1.165) is 16.7 Å². The van der Waals surface area contributed by atoms with Gasteiger partial charge >= 0.3 is 7.12 Å². The first-order valence-electron chi connectivity index (χ1n) is 5.30. The number of halogens is 1. The Morgan fingerprint density at radius 3 is 2.12 bits per heavy atom. The Labute approximate surface area is 106 Å². The fourth-order valence-electron chi connectivity index (χ4n) is 1.74. The molecule has 0 amide bonds. The van der Waals surface area contributed by atoms with Crippen molar-refractivity contribution in [2.75, 3.05) is 0 Å². The lowest BCUT2D eigenvalue weighted by molar-refractivity contribution is 0.425. The molecule has 0 aromatic heterocycles. The smallest absolute Gasteiger partial charge is 0.423 e. The second-order valence-electron chi connectivity index (χ2n) is 3.95. The van der Waals surface area contributed by atoms with Gasteiger partial charge in [0.15, 0.2) is 0 Å². The van der Waals surface area contributed by atoms with Gasteiger partial charge in [-0.25, -0.2) is 0 Å². The third-order valence-corrected chi connectivity index (χ3v) is 2.99. The molecule has 0 spiro atoms. The molecule has 0 unspecified atom stereocenters. The van der Waals surface area contributed by atoms with Crippen molar-refractivity contribution in [3.8, 4) is 11.1 Å². The van der Waals surface area contributed by atoms with Crippen LogP contribution in [0, 0.1) is 6.92 Å². The van der Waals surface area contributed by atoms with Crippen LogP contribution in [0.15, 0.2) is 42.5 Å². The summed E-state index contributed by atoms with van der Waals surface area (Å²) in [6.45, 7) is 1.85. The second-order valence-corrected chi connectivity index (χ2v) is 4.39. The molecule has 0 saturated carbocycles. The van der Waals surface area contributed by atoms with Gasteiger partial charge in [-0.1, -0.05) is 47.5 Å². The van der Waals surface area contributed by atoms with Gasteiger partial charge in [-0.05, 0) is 35.6 Å². The zero-order valence-corrected chi connectivity index (χ0v) is 10.1. The monoisotopic (exact) mass is 246 g/mol. The summed E-state index contributed by atoms with van der Waals surface area (Å²) >= 11 is 5.83. The van der Waals surface area contributed by atoms with Gasteiger partial charge in [0, 0.05) is 5.02 Å². The third-order valence-electron chi connectivity index (χ3n) is 2.73. The SMILES string of the molecule is Cc1ccc(-c2ccc(Cl)cc2)cc1B(O)O. The fourth-order valence-corrected chi connectivity index (χ4v) is 1.87. The molecular weight excluding hydrogens is 234 g/mol. The molecule has 2 aromatic rings. The van der Waals surface area contributed by atoms with E-state index in [0.29, 0.717) is 10.5 Å². The maximum Gasteiger partial charge on any atom is 0.488 e. The Hall–Kier alpha value is -1.29. The van der Waals surface area contributed by atoms with Crippen molar-refractivity contribution in [1.82, 2.24) is 0 Å². The van der Waals surface area contributed by atoms with E-state index in [9.17, 15) is 10.0 Å². The molecule has 0 aliphatic carbocycles. The van der Waals surface area contributed by atoms with Crippen LogP contribution >= 0.6 is 11.6 Å². The molecule has 86 valence electrons. The van der Waals surface area contributed by atoms with Crippen LogP contribution in [0.1, 0.15) is 5.56 Å². The van der Waals surface area contributed by atoms with Gasteiger partial charge in [0.25, 0.3) is 0 Å². The molecule has 0 fully saturated rings. The zero-order valence-electron chi connectivity index (χ0n) is 9.39. The molecule has 2 aromatic carbocycles. The number of aryl methyl sites for hydroxylation is 1. The molecule has 0 heterocycles. The minimum Gasteiger partial charge on any atom is -0.423 e. The van der Waals surface area contributed by atoms with Gasteiger partial charge in [0.05, 0.1) is 0 Å². The quantitative estimate of drug-likeness (QED) is 0.796. The van der Waals surface area contributed by atoms with Crippen LogP contribution in [0.5, 0.6) is 0 Å². The highest BCUT2D eigenvalue weighted by atomic mass is 35.5. The van der Waals surface area contributed by atoms with Crippen molar-refractivity contribution < 1.29 is 10.0 Å². The Morgan fingerprint density at radius 1 is 0.941 bits per heavy atom. The van der Waals surface area contributed by atoms with Crippen LogP contribution in [-0.2, 0) is 0 Å². The molecule has 0 aliphatic rings. The van der Waals surface area contributed by atoms with Gasteiger partial charge in [0.2, 0.25) is 0 Å². The van der Waals surface area contributed by atoms with Crippen LogP contribution in [0.2, 0.25) is 5.02 Å². The maximum atomic E-state index is 9.25. The lowest BCUT2D eigenvalue weighted by atomic mass is 9.76. The molecule has 0 aliphatic heterocycles. The number of benzene rings is 2. The maximum absolute atomic E-state index is 9.25. The summed E-state index contributed by atoms with van der Waals surface area (Å²) in [5.41, 5.74) is 3.32. The van der Waals surface area contributed by atoms with Crippen molar-refractivity contribution in [3.63, 3.8) is 0 Å². The minimum absolute atomic E-state index is 0.525. The van der Waals surface area contributed by atoms with Gasteiger partial charge in [0.1, 0.15) is 0 Å². The highest BCUT2D eigenvalue weighted by molar-refractivity contribution is 6.59. The lowest BCUT2D eigenvalue weighted by Crippen LogP contribution is -2.32. The van der Waals surface area contributed by atoms with E-state index in [-0.39, 0.29) is 0 Å². The van der Waals surface area contributed by atoms with Crippen LogP contribution in [0.3, 0.4) is 0 Å². The van der Waals surface area contributed by atoms with Crippen LogP contribution in [-0.4, -0.2) is 17.2 Å². The first-order valence-corrected chi connectivity index (χ1v) is 5.68. The van der Waals surface area contributed by atoms with Crippen molar-refractivity contribution in [2.45, 2.75) is 6.92 Å². The molecular formula is C13H12BClO2. The van der Waals surface area contributed by atoms with E-state index in [1.165, 1.54) is 0 Å². The van der Waals surface area contributed by atoms with Crippen molar-refractivity contribution in [3.05, 3.63) is 53.1 Å². The molecule has 17 heavy (non-hydrogen) atoms. The second kappa shape index (κ2) is 4.92. The molecule has 2 rings (SSSR count). The number of hydrogen-bond donors (Lipinski definition) is 2. The topological polar surface area (TPSA) is 40.5 Å². The highest BCUT2D eigenvalue weighted by Crippen LogP contribution is 2.21. The van der Waals surface area contributed by atoms with Gasteiger partial charge in [-0.15, -0.1) is 0 Å². The fraction of sp³-hybridized carbons (Fsp3) is 0.0769. The summed E-state index contributed by atoms with van der Waals surface area (Å²) in [4.78, 5) is 0. The van der Waals surface area contributed by atoms with E-state index in [1.807, 2.05) is 43.3 Å². The number of hydrogen-bond acceptors (Lipinski definition) is 2. The largest absolute Gasteiger partial charge is 0.488 e. The standard InChI is InChI=1S/C13H12BClO2/c1-9-2-3-11(8-13(9)14(16)17)10-4-6-12(15)7-5-10/h2-8,16-17H,1H3. The summed E-state index contributed by atoms with van der Waals surface area (Å²) in [6.07, 6.45) is 0. The normalized spacial score (nSPS) is 10.4. The molecule has 0 radical (unpaired) electrons. The van der Waals surface area contributed by atoms with Crippen molar-refractivity contribution in [1.29, 1.82) is 0 Å². The predicted molar refractivity (Wildman–Crippen MR) is 71.5 cm³/mol. The molecule has 2 nitrogen and oxygen atoms in total. The first kappa shape index (κ1) is 12.2. The van der Waals surface area contributed by atoms with E-state index in [4.69, 9.17) is 11.6 Å². The molecule has 0 bridgehead atoms. The van der Waals surface area contributed by atoms with E-state index in [2.05, 4.69) is 0 Å². The summed E-state index contributed by atoms with van der Waals surface area (Å²) < 4.78 is 0. The highest BCUT2D eigenvalue weighted by Gasteiger charge is 2.14. The Balaban J connectivity index is 2.46. The Kier molecular flexibility index (Phi) is 3.53. The van der Waals surface area contributed by atoms with E-state index in [1.54, 1.807) is 6.07 Å². The van der Waals surface area contributed by atoms with Crippen LogP contribution in [0.25, 0.3) is 11.1 Å². The van der Waals surface area contributed by atoms with Gasteiger partial charge in [-0.3, -0.25) is 0 Å². The summed E-state index contributed by atoms with van der Waals surface area (Å²) in [7, 11) is -1.44. The van der Waals surface area contributed by atoms with Crippen LogP contribution in [0.4, 0.5) is 0 Å². The lowest BCUT2D eigenvalue weighted by Gasteiger charge is -2.08. The van der Waals surface area contributed by atoms with Crippen molar-refractivity contribution in [2.24, 2.45) is 0 Å².